The Hall–Kier alpha value is -1.17. The third-order valence-corrected chi connectivity index (χ3v) is 1.73. The van der Waals surface area contributed by atoms with Crippen molar-refractivity contribution in [3.8, 4) is 0 Å². The number of nitrogens with two attached hydrogens (primary N) is 1. The maximum absolute atomic E-state index is 4.20. The molecular weight excluding hydrogens is 154 g/mol. The SMILES string of the molecule is CC1=CC(=C2NN[N-][NH2+]2)C=NC1. The molecule has 0 spiro atoms. The lowest BCUT2D eigenvalue weighted by molar-refractivity contribution is -0.548. The van der Waals surface area contributed by atoms with Crippen molar-refractivity contribution in [1.29, 1.82) is 0 Å². The third kappa shape index (κ3) is 1.38. The zero-order chi connectivity index (χ0) is 8.39. The van der Waals surface area contributed by atoms with Crippen LogP contribution in [-0.2, 0) is 0 Å². The minimum absolute atomic E-state index is 0.807. The van der Waals surface area contributed by atoms with Gasteiger partial charge in [-0.05, 0) is 13.0 Å². The monoisotopic (exact) mass is 165 g/mol. The van der Waals surface area contributed by atoms with E-state index in [1.807, 2.05) is 6.21 Å². The first kappa shape index (κ1) is 7.48. The normalized spacial score (nSPS) is 28.6. The summed E-state index contributed by atoms with van der Waals surface area (Å²) in [5.74, 6) is 0.970. The van der Waals surface area contributed by atoms with Crippen molar-refractivity contribution in [2.75, 3.05) is 6.54 Å². The maximum atomic E-state index is 4.20. The van der Waals surface area contributed by atoms with Gasteiger partial charge in [0.25, 0.3) is 0 Å². The van der Waals surface area contributed by atoms with Crippen molar-refractivity contribution in [2.45, 2.75) is 6.92 Å². The lowest BCUT2D eigenvalue weighted by Gasteiger charge is -2.06. The first-order chi connectivity index (χ1) is 5.86. The Morgan fingerprint density at radius 3 is 3.25 bits per heavy atom. The van der Waals surface area contributed by atoms with Crippen LogP contribution in [0.25, 0.3) is 5.53 Å². The number of nitrogens with one attached hydrogen (secondary N) is 2. The van der Waals surface area contributed by atoms with Gasteiger partial charge >= 0.3 is 0 Å². The molecule has 5 nitrogen and oxygen atoms in total. The molecule has 0 bridgehead atoms. The van der Waals surface area contributed by atoms with Gasteiger partial charge in [0.15, 0.2) is 0 Å². The molecule has 0 aliphatic carbocycles. The fourth-order valence-electron chi connectivity index (χ4n) is 1.15. The average Bonchev–Trinajstić information content (AvgIpc) is 2.56. The van der Waals surface area contributed by atoms with Gasteiger partial charge in [-0.3, -0.25) is 16.0 Å². The molecule has 12 heavy (non-hydrogen) atoms. The van der Waals surface area contributed by atoms with E-state index < -0.39 is 0 Å². The summed E-state index contributed by atoms with van der Waals surface area (Å²) in [5.41, 5.74) is 13.5. The molecule has 5 heteroatoms. The number of allylic oxidation sites excluding steroid dienone is 2. The molecule has 1 saturated heterocycles. The highest BCUT2D eigenvalue weighted by molar-refractivity contribution is 5.84. The number of hydrogen-bond acceptors (Lipinski definition) is 3. The summed E-state index contributed by atoms with van der Waals surface area (Å²) in [5, 5.41) is 0. The van der Waals surface area contributed by atoms with E-state index in [4.69, 9.17) is 0 Å². The molecular formula is C7H11N5. The molecule has 2 aliphatic rings. The maximum Gasteiger partial charge on any atom is 0.211 e. The van der Waals surface area contributed by atoms with Crippen molar-refractivity contribution < 1.29 is 5.43 Å². The molecule has 4 N–H and O–H groups in total. The first-order valence-corrected chi connectivity index (χ1v) is 3.81. The number of rotatable bonds is 0. The highest BCUT2D eigenvalue weighted by Crippen LogP contribution is 2.07. The van der Waals surface area contributed by atoms with E-state index in [0.29, 0.717) is 0 Å². The summed E-state index contributed by atoms with van der Waals surface area (Å²) >= 11 is 0. The van der Waals surface area contributed by atoms with Gasteiger partial charge in [0.05, 0.1) is 12.1 Å². The van der Waals surface area contributed by atoms with Crippen LogP contribution in [0.4, 0.5) is 0 Å². The van der Waals surface area contributed by atoms with Crippen LogP contribution in [0.1, 0.15) is 6.92 Å². The third-order valence-electron chi connectivity index (χ3n) is 1.73. The number of aliphatic imine (C=N–C) groups is 1. The van der Waals surface area contributed by atoms with E-state index in [1.54, 1.807) is 5.43 Å². The standard InChI is InChI=1S/C7H11N5/c1-5-2-6(4-8-3-5)7-9-11-12-10-7/h2,4,9,11H,3,10H2,1H3. The van der Waals surface area contributed by atoms with Gasteiger partial charge < -0.3 is 11.0 Å². The second kappa shape index (κ2) is 3.06. The lowest BCUT2D eigenvalue weighted by atomic mass is 10.1. The summed E-state index contributed by atoms with van der Waals surface area (Å²) < 4.78 is 0. The highest BCUT2D eigenvalue weighted by atomic mass is 15.8. The Kier molecular flexibility index (Phi) is 1.91. The van der Waals surface area contributed by atoms with E-state index in [9.17, 15) is 0 Å². The van der Waals surface area contributed by atoms with Gasteiger partial charge in [-0.25, -0.2) is 0 Å². The number of quaternary nitrogens is 1. The fraction of sp³-hybridized carbons (Fsp3) is 0.286. The second-order valence-electron chi connectivity index (χ2n) is 2.82. The predicted octanol–water partition coefficient (Wildman–Crippen LogP) is -0.896. The van der Waals surface area contributed by atoms with Crippen LogP contribution in [0.5, 0.6) is 0 Å². The zero-order valence-electron chi connectivity index (χ0n) is 6.83. The number of hydrazine groups is 1. The van der Waals surface area contributed by atoms with Crippen LogP contribution in [0.3, 0.4) is 0 Å². The van der Waals surface area contributed by atoms with Crippen molar-refractivity contribution in [1.82, 2.24) is 11.0 Å². The van der Waals surface area contributed by atoms with E-state index in [1.165, 1.54) is 5.57 Å². The van der Waals surface area contributed by atoms with Crippen molar-refractivity contribution >= 4 is 6.21 Å². The summed E-state index contributed by atoms with van der Waals surface area (Å²) in [6, 6.07) is 0. The summed E-state index contributed by atoms with van der Waals surface area (Å²) in [7, 11) is 0. The van der Waals surface area contributed by atoms with Crippen LogP contribution >= 0.6 is 0 Å². The first-order valence-electron chi connectivity index (χ1n) is 3.81. The average molecular weight is 165 g/mol. The molecule has 2 rings (SSSR count). The summed E-state index contributed by atoms with van der Waals surface area (Å²) in [6.07, 6.45) is 3.96. The molecule has 1 fully saturated rings. The molecule has 0 saturated carbocycles. The number of hydrogen-bond donors (Lipinski definition) is 3. The van der Waals surface area contributed by atoms with Crippen molar-refractivity contribution in [3.63, 3.8) is 0 Å². The van der Waals surface area contributed by atoms with Crippen LogP contribution < -0.4 is 16.4 Å². The molecule has 0 aromatic carbocycles. The smallest absolute Gasteiger partial charge is 0.211 e. The molecule has 2 heterocycles. The van der Waals surface area contributed by atoms with E-state index in [0.717, 1.165) is 17.9 Å². The van der Waals surface area contributed by atoms with Crippen molar-refractivity contribution in [2.24, 2.45) is 4.99 Å². The zero-order valence-corrected chi connectivity index (χ0v) is 6.83. The molecule has 0 unspecified atom stereocenters. The Morgan fingerprint density at radius 1 is 1.67 bits per heavy atom. The minimum Gasteiger partial charge on any atom is -0.365 e. The molecule has 0 aromatic rings. The lowest BCUT2D eigenvalue weighted by Crippen LogP contribution is -2.75. The van der Waals surface area contributed by atoms with Gasteiger partial charge in [-0.15, -0.1) is 0 Å². The summed E-state index contributed by atoms with van der Waals surface area (Å²) in [4.78, 5) is 4.20. The van der Waals surface area contributed by atoms with Gasteiger partial charge in [0.1, 0.15) is 0 Å². The van der Waals surface area contributed by atoms with Crippen molar-refractivity contribution in [3.05, 3.63) is 28.6 Å². The Labute approximate surface area is 70.5 Å². The Balaban J connectivity index is 2.26. The van der Waals surface area contributed by atoms with E-state index in [2.05, 4.69) is 34.5 Å². The summed E-state index contributed by atoms with van der Waals surface area (Å²) in [6.45, 7) is 2.87. The van der Waals surface area contributed by atoms with Crippen LogP contribution in [0.2, 0.25) is 0 Å². The van der Waals surface area contributed by atoms with Gasteiger partial charge in [-0.1, -0.05) is 5.57 Å². The molecule has 0 amide bonds. The topological polar surface area (TPSA) is 67.1 Å². The van der Waals surface area contributed by atoms with Crippen LogP contribution in [0.15, 0.2) is 28.0 Å². The number of nitrogens with zero attached hydrogens (tertiary/aromatic N) is 2. The fourth-order valence-corrected chi connectivity index (χ4v) is 1.15. The predicted molar refractivity (Wildman–Crippen MR) is 45.7 cm³/mol. The Bertz CT molecular complexity index is 268. The largest absolute Gasteiger partial charge is 0.365 e. The Morgan fingerprint density at radius 2 is 2.58 bits per heavy atom. The van der Waals surface area contributed by atoms with Gasteiger partial charge in [0, 0.05) is 6.21 Å². The van der Waals surface area contributed by atoms with Gasteiger partial charge in [0.2, 0.25) is 5.82 Å². The molecule has 64 valence electrons. The molecule has 2 aliphatic heterocycles. The van der Waals surface area contributed by atoms with Gasteiger partial charge in [-0.2, -0.15) is 0 Å². The highest BCUT2D eigenvalue weighted by Gasteiger charge is 2.09. The number of dihydropyridines is 1. The minimum atomic E-state index is 0.807. The molecule has 0 atom stereocenters. The molecule has 0 radical (unpaired) electrons. The molecule has 0 aromatic heterocycles. The van der Waals surface area contributed by atoms with E-state index >= 15 is 0 Å². The van der Waals surface area contributed by atoms with Crippen LogP contribution in [-0.4, -0.2) is 12.8 Å². The van der Waals surface area contributed by atoms with Crippen LogP contribution in [0, 0.1) is 0 Å². The quantitative estimate of drug-likeness (QED) is 0.407. The van der Waals surface area contributed by atoms with E-state index in [-0.39, 0.29) is 0 Å². The second-order valence-corrected chi connectivity index (χ2v) is 2.82.